The van der Waals surface area contributed by atoms with E-state index in [1.54, 1.807) is 6.08 Å². The first-order valence-corrected chi connectivity index (χ1v) is 6.48. The summed E-state index contributed by atoms with van der Waals surface area (Å²) in [6, 6.07) is 7.26. The molecule has 2 N–H and O–H groups in total. The zero-order chi connectivity index (χ0) is 13.9. The predicted molar refractivity (Wildman–Crippen MR) is 79.0 cm³/mol. The SMILES string of the molecule is C=CCNC(=O)NCC#CCOc1cccc(Br)c1. The van der Waals surface area contributed by atoms with E-state index in [4.69, 9.17) is 4.74 Å². The molecule has 0 aliphatic heterocycles. The lowest BCUT2D eigenvalue weighted by molar-refractivity contribution is 0.243. The van der Waals surface area contributed by atoms with Gasteiger partial charge in [-0.2, -0.15) is 0 Å². The van der Waals surface area contributed by atoms with E-state index in [-0.39, 0.29) is 19.2 Å². The van der Waals surface area contributed by atoms with Crippen LogP contribution >= 0.6 is 15.9 Å². The molecule has 0 saturated carbocycles. The third-order valence-electron chi connectivity index (χ3n) is 1.98. The summed E-state index contributed by atoms with van der Waals surface area (Å²) in [4.78, 5) is 11.1. The van der Waals surface area contributed by atoms with Crippen molar-refractivity contribution in [2.24, 2.45) is 0 Å². The zero-order valence-corrected chi connectivity index (χ0v) is 12.0. The smallest absolute Gasteiger partial charge is 0.315 e. The van der Waals surface area contributed by atoms with Crippen molar-refractivity contribution >= 4 is 22.0 Å². The van der Waals surface area contributed by atoms with Gasteiger partial charge < -0.3 is 15.4 Å². The first kappa shape index (κ1) is 15.1. The number of nitrogens with one attached hydrogen (secondary N) is 2. The maximum absolute atomic E-state index is 11.1. The van der Waals surface area contributed by atoms with Gasteiger partial charge in [0.1, 0.15) is 12.4 Å². The average Bonchev–Trinajstić information content (AvgIpc) is 2.40. The van der Waals surface area contributed by atoms with Crippen LogP contribution in [0.3, 0.4) is 0 Å². The maximum atomic E-state index is 11.1. The normalized spacial score (nSPS) is 8.89. The highest BCUT2D eigenvalue weighted by Crippen LogP contribution is 2.17. The topological polar surface area (TPSA) is 50.4 Å². The summed E-state index contributed by atoms with van der Waals surface area (Å²) >= 11 is 3.36. The predicted octanol–water partition coefficient (Wildman–Crippen LogP) is 2.32. The first-order valence-electron chi connectivity index (χ1n) is 5.69. The lowest BCUT2D eigenvalue weighted by Crippen LogP contribution is -2.35. The molecule has 0 atom stereocenters. The van der Waals surface area contributed by atoms with Crippen molar-refractivity contribution in [3.8, 4) is 17.6 Å². The highest BCUT2D eigenvalue weighted by Gasteiger charge is 1.94. The van der Waals surface area contributed by atoms with E-state index < -0.39 is 0 Å². The van der Waals surface area contributed by atoms with Crippen molar-refractivity contribution in [1.29, 1.82) is 0 Å². The second kappa shape index (κ2) is 9.06. The summed E-state index contributed by atoms with van der Waals surface area (Å²) in [5, 5.41) is 5.17. The fourth-order valence-corrected chi connectivity index (χ4v) is 1.52. The Morgan fingerprint density at radius 3 is 3.00 bits per heavy atom. The maximum Gasteiger partial charge on any atom is 0.315 e. The Bertz CT molecular complexity index is 492. The number of rotatable bonds is 5. The molecule has 4 nitrogen and oxygen atoms in total. The molecule has 1 aromatic rings. The summed E-state index contributed by atoms with van der Waals surface area (Å²) in [6.07, 6.45) is 1.61. The van der Waals surface area contributed by atoms with Crippen LogP contribution in [0, 0.1) is 11.8 Å². The quantitative estimate of drug-likeness (QED) is 0.645. The van der Waals surface area contributed by atoms with Crippen molar-refractivity contribution in [3.63, 3.8) is 0 Å². The van der Waals surface area contributed by atoms with Crippen molar-refractivity contribution < 1.29 is 9.53 Å². The molecule has 0 unspecified atom stereocenters. The van der Waals surface area contributed by atoms with Crippen LogP contribution in [-0.2, 0) is 0 Å². The molecule has 0 fully saturated rings. The molecule has 0 heterocycles. The molecular weight excluding hydrogens is 308 g/mol. The second-order valence-electron chi connectivity index (χ2n) is 3.45. The average molecular weight is 323 g/mol. The molecule has 1 rings (SSSR count). The summed E-state index contributed by atoms with van der Waals surface area (Å²) in [5.41, 5.74) is 0. The fourth-order valence-electron chi connectivity index (χ4n) is 1.14. The van der Waals surface area contributed by atoms with Crippen LogP contribution < -0.4 is 15.4 Å². The van der Waals surface area contributed by atoms with Crippen molar-refractivity contribution in [1.82, 2.24) is 10.6 Å². The fraction of sp³-hybridized carbons (Fsp3) is 0.214. The molecule has 1 aromatic carbocycles. The number of ether oxygens (including phenoxy) is 1. The molecule has 2 amide bonds. The Labute approximate surface area is 121 Å². The van der Waals surface area contributed by atoms with Gasteiger partial charge in [-0.3, -0.25) is 0 Å². The van der Waals surface area contributed by atoms with E-state index in [1.165, 1.54) is 0 Å². The highest BCUT2D eigenvalue weighted by molar-refractivity contribution is 9.10. The second-order valence-corrected chi connectivity index (χ2v) is 4.37. The molecule has 0 aromatic heterocycles. The third kappa shape index (κ3) is 7.17. The molecule has 0 spiro atoms. The largest absolute Gasteiger partial charge is 0.481 e. The molecule has 19 heavy (non-hydrogen) atoms. The monoisotopic (exact) mass is 322 g/mol. The Kier molecular flexibility index (Phi) is 7.21. The Morgan fingerprint density at radius 1 is 1.42 bits per heavy atom. The van der Waals surface area contributed by atoms with Crippen molar-refractivity contribution in [2.75, 3.05) is 19.7 Å². The lowest BCUT2D eigenvalue weighted by Gasteiger charge is -2.02. The van der Waals surface area contributed by atoms with Crippen LogP contribution in [-0.4, -0.2) is 25.7 Å². The Balaban J connectivity index is 2.18. The molecule has 0 radical (unpaired) electrons. The number of urea groups is 1. The van der Waals surface area contributed by atoms with Gasteiger partial charge in [0.2, 0.25) is 0 Å². The number of hydrogen-bond donors (Lipinski definition) is 2. The van der Waals surface area contributed by atoms with Gasteiger partial charge in [-0.25, -0.2) is 4.79 Å². The Morgan fingerprint density at radius 2 is 2.26 bits per heavy atom. The third-order valence-corrected chi connectivity index (χ3v) is 2.47. The van der Waals surface area contributed by atoms with Crippen LogP contribution in [0.4, 0.5) is 4.79 Å². The van der Waals surface area contributed by atoms with E-state index in [0.29, 0.717) is 6.54 Å². The molecule has 0 saturated heterocycles. The van der Waals surface area contributed by atoms with E-state index >= 15 is 0 Å². The number of carbonyl (C=O) groups excluding carboxylic acids is 1. The summed E-state index contributed by atoms with van der Waals surface area (Å²) in [7, 11) is 0. The summed E-state index contributed by atoms with van der Waals surface area (Å²) in [6.45, 7) is 4.50. The molecular formula is C14H15BrN2O2. The highest BCUT2D eigenvalue weighted by atomic mass is 79.9. The molecule has 0 aliphatic rings. The van der Waals surface area contributed by atoms with Crippen LogP contribution in [0.1, 0.15) is 0 Å². The van der Waals surface area contributed by atoms with Crippen LogP contribution in [0.2, 0.25) is 0 Å². The van der Waals surface area contributed by atoms with Gasteiger partial charge in [-0.15, -0.1) is 6.58 Å². The van der Waals surface area contributed by atoms with Gasteiger partial charge in [0, 0.05) is 11.0 Å². The number of hydrogen-bond acceptors (Lipinski definition) is 2. The first-order chi connectivity index (χ1) is 9.22. The summed E-state index contributed by atoms with van der Waals surface area (Å²) in [5.74, 6) is 6.36. The van der Waals surface area contributed by atoms with Gasteiger partial charge in [-0.1, -0.05) is 39.9 Å². The standard InChI is InChI=1S/C14H15BrN2O2/c1-2-8-16-14(18)17-9-3-4-10-19-13-7-5-6-12(15)11-13/h2,5-7,11H,1,8-10H2,(H2,16,17,18). The molecule has 100 valence electrons. The molecule has 5 heteroatoms. The minimum Gasteiger partial charge on any atom is -0.481 e. The number of carbonyl (C=O) groups is 1. The van der Waals surface area contributed by atoms with Crippen LogP contribution in [0.15, 0.2) is 41.4 Å². The van der Waals surface area contributed by atoms with Gasteiger partial charge >= 0.3 is 6.03 Å². The van der Waals surface area contributed by atoms with Crippen LogP contribution in [0.25, 0.3) is 0 Å². The minimum atomic E-state index is -0.262. The molecule has 0 aliphatic carbocycles. The van der Waals surface area contributed by atoms with Gasteiger partial charge in [0.15, 0.2) is 0 Å². The van der Waals surface area contributed by atoms with E-state index in [0.717, 1.165) is 10.2 Å². The minimum absolute atomic E-state index is 0.262. The lowest BCUT2D eigenvalue weighted by atomic mass is 10.3. The summed E-state index contributed by atoms with van der Waals surface area (Å²) < 4.78 is 6.37. The van der Waals surface area contributed by atoms with Crippen LogP contribution in [0.5, 0.6) is 5.75 Å². The number of halogens is 1. The van der Waals surface area contributed by atoms with E-state index in [1.807, 2.05) is 24.3 Å². The zero-order valence-electron chi connectivity index (χ0n) is 10.4. The van der Waals surface area contributed by atoms with Crippen molar-refractivity contribution in [2.45, 2.75) is 0 Å². The van der Waals surface area contributed by atoms with E-state index in [2.05, 4.69) is 45.0 Å². The molecule has 0 bridgehead atoms. The van der Waals surface area contributed by atoms with E-state index in [9.17, 15) is 4.79 Å². The number of amides is 2. The van der Waals surface area contributed by atoms with Gasteiger partial charge in [0.25, 0.3) is 0 Å². The van der Waals surface area contributed by atoms with Crippen molar-refractivity contribution in [3.05, 3.63) is 41.4 Å². The van der Waals surface area contributed by atoms with Gasteiger partial charge in [-0.05, 0) is 18.2 Å². The Hall–Kier alpha value is -1.93. The van der Waals surface area contributed by atoms with Gasteiger partial charge in [0.05, 0.1) is 6.54 Å². The number of benzene rings is 1.